The number of nitrogens with zero attached hydrogens (tertiary/aromatic N) is 1. The number of anilines is 2. The molecule has 188 valence electrons. The highest BCUT2D eigenvalue weighted by molar-refractivity contribution is 5.89. The molecule has 1 aliphatic heterocycles. The highest BCUT2D eigenvalue weighted by Crippen LogP contribution is 2.41. The molecule has 2 aromatic carbocycles. The number of rotatable bonds is 8. The number of aromatic hydroxyl groups is 1. The van der Waals surface area contributed by atoms with Gasteiger partial charge in [0.1, 0.15) is 17.3 Å². The van der Waals surface area contributed by atoms with E-state index in [1.807, 2.05) is 42.5 Å². The van der Waals surface area contributed by atoms with Crippen LogP contribution in [0.15, 0.2) is 54.6 Å². The smallest absolute Gasteiger partial charge is 0.319 e. The lowest BCUT2D eigenvalue weighted by molar-refractivity contribution is 0.251. The highest BCUT2D eigenvalue weighted by Gasteiger charge is 2.26. The summed E-state index contributed by atoms with van der Waals surface area (Å²) >= 11 is 0. The van der Waals surface area contributed by atoms with Crippen molar-refractivity contribution in [2.24, 2.45) is 5.92 Å². The molecule has 1 aliphatic carbocycles. The first-order valence-electron chi connectivity index (χ1n) is 12.6. The number of piperidine rings is 1. The van der Waals surface area contributed by atoms with E-state index >= 15 is 0 Å². The Morgan fingerprint density at radius 1 is 1.14 bits per heavy atom. The first-order chi connectivity index (χ1) is 17.6. The lowest BCUT2D eigenvalue weighted by Gasteiger charge is -2.27. The van der Waals surface area contributed by atoms with Gasteiger partial charge in [0.05, 0.1) is 17.9 Å². The molecule has 1 saturated heterocycles. The van der Waals surface area contributed by atoms with Crippen LogP contribution in [0.5, 0.6) is 11.5 Å². The van der Waals surface area contributed by atoms with Crippen molar-refractivity contribution in [3.05, 3.63) is 65.7 Å². The number of carbonyl (C=O) groups excluding carboxylic acids is 1. The summed E-state index contributed by atoms with van der Waals surface area (Å²) in [6, 6.07) is 16.3. The number of ether oxygens (including phenoxy) is 1. The Bertz CT molecular complexity index is 1210. The molecule has 2 heterocycles. The van der Waals surface area contributed by atoms with Gasteiger partial charge in [-0.1, -0.05) is 24.3 Å². The number of phenols is 1. The number of benzene rings is 2. The Morgan fingerprint density at radius 3 is 2.72 bits per heavy atom. The summed E-state index contributed by atoms with van der Waals surface area (Å²) in [6.45, 7) is 2.67. The summed E-state index contributed by atoms with van der Waals surface area (Å²) in [6.07, 6.45) is 4.41. The molecule has 0 radical (unpaired) electrons. The van der Waals surface area contributed by atoms with Crippen LogP contribution in [-0.2, 0) is 6.54 Å². The third kappa shape index (κ3) is 5.71. The topological polar surface area (TPSA) is 122 Å². The number of urea groups is 1. The number of phenolic OH excluding ortho intramolecular Hbond substituents is 1. The van der Waals surface area contributed by atoms with E-state index in [-0.39, 0.29) is 24.2 Å². The summed E-state index contributed by atoms with van der Waals surface area (Å²) in [7, 11) is 0. The van der Waals surface area contributed by atoms with Crippen molar-refractivity contribution >= 4 is 17.5 Å². The first-order valence-corrected chi connectivity index (χ1v) is 12.6. The van der Waals surface area contributed by atoms with Crippen molar-refractivity contribution < 1.29 is 14.6 Å². The van der Waals surface area contributed by atoms with Crippen LogP contribution in [0, 0.1) is 5.92 Å². The standard InChI is InChI=1S/C28H33N5O3/c29-27-22(16-31-28(35)32-20-7-2-1-3-8-20)21(19-6-5-13-30-15-19)14-23(33-27)26-24(34)9-4-10-25(26)36-17-18-11-12-18/h1-4,7-10,14,18-19,30,34H,5-6,11-13,15-17H2,(H2,29,33)(H2,31,32,35). The van der Waals surface area contributed by atoms with Crippen LogP contribution >= 0.6 is 0 Å². The van der Waals surface area contributed by atoms with Crippen molar-refractivity contribution in [2.75, 3.05) is 30.7 Å². The number of hydrogen-bond donors (Lipinski definition) is 5. The third-order valence-corrected chi connectivity index (χ3v) is 6.82. The number of nitrogens with one attached hydrogen (secondary N) is 3. The number of nitrogens with two attached hydrogens (primary N) is 1. The molecule has 2 fully saturated rings. The van der Waals surface area contributed by atoms with E-state index in [1.54, 1.807) is 12.1 Å². The zero-order valence-corrected chi connectivity index (χ0v) is 20.3. The van der Waals surface area contributed by atoms with Crippen LogP contribution in [0.1, 0.15) is 42.7 Å². The van der Waals surface area contributed by atoms with E-state index in [4.69, 9.17) is 10.5 Å². The number of aromatic nitrogens is 1. The predicted octanol–water partition coefficient (Wildman–Crippen LogP) is 4.61. The fourth-order valence-electron chi connectivity index (χ4n) is 4.67. The molecule has 6 N–H and O–H groups in total. The van der Waals surface area contributed by atoms with Gasteiger partial charge in [-0.05, 0) is 80.0 Å². The molecule has 36 heavy (non-hydrogen) atoms. The molecular formula is C28H33N5O3. The van der Waals surface area contributed by atoms with Gasteiger partial charge in [-0.15, -0.1) is 0 Å². The average Bonchev–Trinajstić information content (AvgIpc) is 3.72. The minimum absolute atomic E-state index is 0.107. The number of para-hydroxylation sites is 1. The second-order valence-corrected chi connectivity index (χ2v) is 9.58. The van der Waals surface area contributed by atoms with Crippen molar-refractivity contribution in [1.29, 1.82) is 0 Å². The third-order valence-electron chi connectivity index (χ3n) is 6.82. The van der Waals surface area contributed by atoms with Crippen molar-refractivity contribution in [2.45, 2.75) is 38.1 Å². The second kappa shape index (κ2) is 10.9. The predicted molar refractivity (Wildman–Crippen MR) is 141 cm³/mol. The zero-order chi connectivity index (χ0) is 24.9. The van der Waals surface area contributed by atoms with Crippen LogP contribution in [-0.4, -0.2) is 35.8 Å². The molecule has 0 spiro atoms. The van der Waals surface area contributed by atoms with Gasteiger partial charge in [-0.3, -0.25) is 0 Å². The lowest BCUT2D eigenvalue weighted by atomic mass is 9.87. The van der Waals surface area contributed by atoms with Crippen molar-refractivity contribution in [3.8, 4) is 22.8 Å². The van der Waals surface area contributed by atoms with Gasteiger partial charge < -0.3 is 31.5 Å². The fraction of sp³-hybridized carbons (Fsp3) is 0.357. The minimum Gasteiger partial charge on any atom is -0.507 e. The van der Waals surface area contributed by atoms with Gasteiger partial charge in [-0.2, -0.15) is 0 Å². The van der Waals surface area contributed by atoms with Crippen LogP contribution in [0.3, 0.4) is 0 Å². The normalized spacial score (nSPS) is 17.4. The Morgan fingerprint density at radius 2 is 1.97 bits per heavy atom. The molecule has 3 aromatic rings. The van der Waals surface area contributed by atoms with Gasteiger partial charge in [-0.25, -0.2) is 9.78 Å². The Balaban J connectivity index is 1.44. The Hall–Kier alpha value is -3.78. The maximum atomic E-state index is 12.5. The van der Waals surface area contributed by atoms with Crippen molar-refractivity contribution in [1.82, 2.24) is 15.6 Å². The molecule has 5 rings (SSSR count). The number of amides is 2. The molecule has 8 heteroatoms. The molecule has 1 saturated carbocycles. The summed E-state index contributed by atoms with van der Waals surface area (Å²) in [5, 5.41) is 20.0. The van der Waals surface area contributed by atoms with E-state index < -0.39 is 0 Å². The van der Waals surface area contributed by atoms with Crippen LogP contribution < -0.4 is 26.4 Å². The maximum absolute atomic E-state index is 12.5. The molecule has 2 aliphatic rings. The number of hydrogen-bond acceptors (Lipinski definition) is 6. The van der Waals surface area contributed by atoms with E-state index in [2.05, 4.69) is 20.9 Å². The molecule has 8 nitrogen and oxygen atoms in total. The van der Waals surface area contributed by atoms with Crippen LogP contribution in [0.4, 0.5) is 16.3 Å². The monoisotopic (exact) mass is 487 g/mol. The SMILES string of the molecule is Nc1nc(-c2c(O)cccc2OCC2CC2)cc(C2CCCNC2)c1CNC(=O)Nc1ccccc1. The van der Waals surface area contributed by atoms with Gasteiger partial charge >= 0.3 is 6.03 Å². The summed E-state index contributed by atoms with van der Waals surface area (Å²) in [5.41, 5.74) is 10.2. The summed E-state index contributed by atoms with van der Waals surface area (Å²) < 4.78 is 6.07. The van der Waals surface area contributed by atoms with Gasteiger partial charge in [0.15, 0.2) is 0 Å². The summed E-state index contributed by atoms with van der Waals surface area (Å²) in [4.78, 5) is 17.2. The second-order valence-electron chi connectivity index (χ2n) is 9.58. The minimum atomic E-state index is -0.311. The van der Waals surface area contributed by atoms with Gasteiger partial charge in [0.25, 0.3) is 0 Å². The lowest BCUT2D eigenvalue weighted by Crippen LogP contribution is -2.32. The summed E-state index contributed by atoms with van der Waals surface area (Å²) in [5.74, 6) is 1.85. The zero-order valence-electron chi connectivity index (χ0n) is 20.3. The number of pyridine rings is 1. The van der Waals surface area contributed by atoms with Gasteiger partial charge in [0.2, 0.25) is 0 Å². The quantitative estimate of drug-likeness (QED) is 0.316. The van der Waals surface area contributed by atoms with E-state index in [9.17, 15) is 9.90 Å². The largest absolute Gasteiger partial charge is 0.507 e. The molecule has 0 bridgehead atoms. The first kappa shape index (κ1) is 23.9. The molecule has 2 amide bonds. The van der Waals surface area contributed by atoms with E-state index in [1.165, 1.54) is 12.8 Å². The number of carbonyl (C=O) groups is 1. The average molecular weight is 488 g/mol. The Kier molecular flexibility index (Phi) is 7.23. The highest BCUT2D eigenvalue weighted by atomic mass is 16.5. The van der Waals surface area contributed by atoms with E-state index in [0.29, 0.717) is 41.0 Å². The van der Waals surface area contributed by atoms with Crippen molar-refractivity contribution in [3.63, 3.8) is 0 Å². The Labute approximate surface area is 211 Å². The van der Waals surface area contributed by atoms with Crippen LogP contribution in [0.25, 0.3) is 11.3 Å². The molecular weight excluding hydrogens is 454 g/mol. The van der Waals surface area contributed by atoms with Gasteiger partial charge in [0, 0.05) is 24.3 Å². The molecule has 1 unspecified atom stereocenters. The molecule has 1 aromatic heterocycles. The maximum Gasteiger partial charge on any atom is 0.319 e. The van der Waals surface area contributed by atoms with E-state index in [0.717, 1.165) is 37.1 Å². The molecule has 1 atom stereocenters. The number of nitrogen functional groups attached to an aromatic ring is 1. The van der Waals surface area contributed by atoms with Crippen LogP contribution in [0.2, 0.25) is 0 Å². The fourth-order valence-corrected chi connectivity index (χ4v) is 4.67.